The summed E-state index contributed by atoms with van der Waals surface area (Å²) in [6.07, 6.45) is 1.32. The zero-order valence-electron chi connectivity index (χ0n) is 18.1. The number of hydrogen-bond acceptors (Lipinski definition) is 5. The average Bonchev–Trinajstić information content (AvgIpc) is 3.19. The first kappa shape index (κ1) is 25.1. The summed E-state index contributed by atoms with van der Waals surface area (Å²) < 4.78 is 19.1. The van der Waals surface area contributed by atoms with E-state index >= 15 is 0 Å². The number of imidazole rings is 1. The van der Waals surface area contributed by atoms with Crippen LogP contribution < -0.4 is 10.6 Å². The molecule has 0 saturated heterocycles. The number of carbonyl (C=O) groups is 2. The number of aromatic amines is 1. The van der Waals surface area contributed by atoms with Gasteiger partial charge < -0.3 is 20.4 Å². The largest absolute Gasteiger partial charge is 0.377 e. The Morgan fingerprint density at radius 3 is 2.68 bits per heavy atom. The second-order valence-electron chi connectivity index (χ2n) is 7.19. The molecule has 0 aliphatic heterocycles. The van der Waals surface area contributed by atoms with Gasteiger partial charge in [-0.25, -0.2) is 14.4 Å². The molecule has 0 aliphatic rings. The number of rotatable bonds is 6. The van der Waals surface area contributed by atoms with Crippen molar-refractivity contribution in [2.24, 2.45) is 0 Å². The van der Waals surface area contributed by atoms with Gasteiger partial charge in [0.15, 0.2) is 11.5 Å². The van der Waals surface area contributed by atoms with Crippen LogP contribution in [0, 0.1) is 12.7 Å². The Hall–Kier alpha value is -3.53. The zero-order chi connectivity index (χ0) is 23.5. The summed E-state index contributed by atoms with van der Waals surface area (Å²) in [5.74, 6) is -1.46. The molecule has 11 heteroatoms. The Bertz CT molecular complexity index is 1380. The number of benzene rings is 2. The molecule has 8 nitrogen and oxygen atoms in total. The summed E-state index contributed by atoms with van der Waals surface area (Å²) >= 11 is 6.16. The Morgan fingerprint density at radius 2 is 1.94 bits per heavy atom. The zero-order valence-corrected chi connectivity index (χ0v) is 19.7. The Morgan fingerprint density at radius 1 is 1.15 bits per heavy atom. The van der Waals surface area contributed by atoms with Crippen molar-refractivity contribution in [2.45, 2.75) is 13.5 Å². The standard InChI is InChI=1S/C23H19ClFN5O3.ClH/c1-12-15(24)5-3-7-17(12)29-22(31)14-9-13(10-18-20(14)30-19(28-18)11-33-2)27-23(32)21-16(25)6-4-8-26-21;/h3-10H,11H2,1-2H3,(H,27,32)(H,28,30)(H,29,31);1H. The molecule has 2 amide bonds. The molecule has 4 aromatic rings. The van der Waals surface area contributed by atoms with Crippen LogP contribution >= 0.6 is 24.0 Å². The van der Waals surface area contributed by atoms with E-state index in [1.165, 1.54) is 25.4 Å². The van der Waals surface area contributed by atoms with Gasteiger partial charge in [-0.2, -0.15) is 0 Å². The minimum absolute atomic E-state index is 0. The third-order valence-electron chi connectivity index (χ3n) is 4.91. The number of pyridine rings is 1. The number of nitrogens with zero attached hydrogens (tertiary/aromatic N) is 2. The summed E-state index contributed by atoms with van der Waals surface area (Å²) in [5.41, 5.74) is 2.23. The molecule has 0 fully saturated rings. The lowest BCUT2D eigenvalue weighted by molar-refractivity contribution is 0.101. The Kier molecular flexibility index (Phi) is 7.83. The van der Waals surface area contributed by atoms with E-state index in [-0.39, 0.29) is 36.0 Å². The molecule has 0 saturated carbocycles. The number of amides is 2. The molecule has 0 aliphatic carbocycles. The number of carbonyl (C=O) groups excluding carboxylic acids is 2. The average molecular weight is 504 g/mol. The molecule has 34 heavy (non-hydrogen) atoms. The molecule has 2 aromatic heterocycles. The maximum absolute atomic E-state index is 14.0. The van der Waals surface area contributed by atoms with Gasteiger partial charge in [-0.3, -0.25) is 9.59 Å². The van der Waals surface area contributed by atoms with Crippen molar-refractivity contribution in [1.82, 2.24) is 15.0 Å². The quantitative estimate of drug-likeness (QED) is 0.337. The highest BCUT2D eigenvalue weighted by atomic mass is 35.5. The van der Waals surface area contributed by atoms with Gasteiger partial charge in [-0.15, -0.1) is 12.4 Å². The van der Waals surface area contributed by atoms with Crippen LogP contribution in [0.1, 0.15) is 32.2 Å². The molecular formula is C23H20Cl2FN5O3. The third kappa shape index (κ3) is 5.17. The predicted octanol–water partition coefficient (Wildman–Crippen LogP) is 5.13. The molecule has 0 bridgehead atoms. The first-order chi connectivity index (χ1) is 15.9. The maximum Gasteiger partial charge on any atom is 0.277 e. The maximum atomic E-state index is 14.0. The van der Waals surface area contributed by atoms with E-state index < -0.39 is 17.6 Å². The lowest BCUT2D eigenvalue weighted by Gasteiger charge is -2.12. The molecule has 176 valence electrons. The molecular weight excluding hydrogens is 484 g/mol. The van der Waals surface area contributed by atoms with Crippen LogP contribution in [-0.4, -0.2) is 33.9 Å². The van der Waals surface area contributed by atoms with Gasteiger partial charge >= 0.3 is 0 Å². The van der Waals surface area contributed by atoms with Crippen LogP contribution in [0.5, 0.6) is 0 Å². The lowest BCUT2D eigenvalue weighted by Crippen LogP contribution is -2.17. The summed E-state index contributed by atoms with van der Waals surface area (Å²) in [6, 6.07) is 10.8. The number of halogens is 3. The lowest BCUT2D eigenvalue weighted by atomic mass is 10.1. The summed E-state index contributed by atoms with van der Waals surface area (Å²) in [7, 11) is 1.52. The Labute approximate surface area is 205 Å². The minimum Gasteiger partial charge on any atom is -0.377 e. The van der Waals surface area contributed by atoms with Gasteiger partial charge in [0.2, 0.25) is 0 Å². The molecule has 3 N–H and O–H groups in total. The van der Waals surface area contributed by atoms with Crippen molar-refractivity contribution in [3.8, 4) is 0 Å². The van der Waals surface area contributed by atoms with E-state index in [4.69, 9.17) is 16.3 Å². The van der Waals surface area contributed by atoms with Crippen LogP contribution in [0.25, 0.3) is 11.0 Å². The topological polar surface area (TPSA) is 109 Å². The minimum atomic E-state index is -0.755. The molecule has 0 unspecified atom stereocenters. The van der Waals surface area contributed by atoms with Gasteiger partial charge in [0.25, 0.3) is 11.8 Å². The van der Waals surface area contributed by atoms with E-state index in [0.29, 0.717) is 33.1 Å². The van der Waals surface area contributed by atoms with Crippen LogP contribution in [0.2, 0.25) is 5.02 Å². The van der Waals surface area contributed by atoms with Gasteiger partial charge in [0.1, 0.15) is 17.9 Å². The monoisotopic (exact) mass is 503 g/mol. The van der Waals surface area contributed by atoms with Crippen molar-refractivity contribution >= 4 is 58.2 Å². The Balaban J connectivity index is 0.00000324. The van der Waals surface area contributed by atoms with Crippen molar-refractivity contribution < 1.29 is 18.7 Å². The highest BCUT2D eigenvalue weighted by molar-refractivity contribution is 6.31. The normalized spacial score (nSPS) is 10.6. The molecule has 4 rings (SSSR count). The first-order valence-electron chi connectivity index (χ1n) is 9.87. The highest BCUT2D eigenvalue weighted by Gasteiger charge is 2.19. The SMILES string of the molecule is COCc1nc2c(C(=O)Nc3cccc(Cl)c3C)cc(NC(=O)c3ncccc3F)cc2[nH]1.Cl. The van der Waals surface area contributed by atoms with E-state index in [1.807, 2.05) is 0 Å². The number of aromatic nitrogens is 3. The number of fused-ring (bicyclic) bond motifs is 1. The van der Waals surface area contributed by atoms with Gasteiger partial charge in [-0.1, -0.05) is 17.7 Å². The number of hydrogen-bond donors (Lipinski definition) is 3. The second kappa shape index (κ2) is 10.6. The summed E-state index contributed by atoms with van der Waals surface area (Å²) in [6.45, 7) is 1.99. The van der Waals surface area contributed by atoms with Crippen LogP contribution in [0.3, 0.4) is 0 Å². The first-order valence-corrected chi connectivity index (χ1v) is 10.2. The molecule has 2 heterocycles. The number of methoxy groups -OCH3 is 1. The fourth-order valence-corrected chi connectivity index (χ4v) is 3.47. The number of nitrogens with one attached hydrogen (secondary N) is 3. The van der Waals surface area contributed by atoms with Gasteiger partial charge in [0, 0.05) is 29.7 Å². The third-order valence-corrected chi connectivity index (χ3v) is 5.32. The number of H-pyrrole nitrogens is 1. The summed E-state index contributed by atoms with van der Waals surface area (Å²) in [4.78, 5) is 37.0. The highest BCUT2D eigenvalue weighted by Crippen LogP contribution is 2.27. The smallest absolute Gasteiger partial charge is 0.277 e. The summed E-state index contributed by atoms with van der Waals surface area (Å²) in [5, 5.41) is 5.93. The number of anilines is 2. The second-order valence-corrected chi connectivity index (χ2v) is 7.60. The van der Waals surface area contributed by atoms with Gasteiger partial charge in [-0.05, 0) is 48.9 Å². The van der Waals surface area contributed by atoms with Crippen LogP contribution in [0.4, 0.5) is 15.8 Å². The van der Waals surface area contributed by atoms with Crippen molar-refractivity contribution in [3.05, 3.63) is 82.1 Å². The van der Waals surface area contributed by atoms with Crippen molar-refractivity contribution in [3.63, 3.8) is 0 Å². The molecule has 0 radical (unpaired) electrons. The fourth-order valence-electron chi connectivity index (χ4n) is 3.29. The van der Waals surface area contributed by atoms with Crippen LogP contribution in [0.15, 0.2) is 48.7 Å². The van der Waals surface area contributed by atoms with E-state index in [2.05, 4.69) is 25.6 Å². The predicted molar refractivity (Wildman–Crippen MR) is 130 cm³/mol. The fraction of sp³-hybridized carbons (Fsp3) is 0.130. The number of ether oxygens (including phenoxy) is 1. The van der Waals surface area contributed by atoms with Crippen molar-refractivity contribution in [2.75, 3.05) is 17.7 Å². The van der Waals surface area contributed by atoms with E-state index in [9.17, 15) is 14.0 Å². The van der Waals surface area contributed by atoms with E-state index in [0.717, 1.165) is 6.07 Å². The van der Waals surface area contributed by atoms with Crippen LogP contribution in [-0.2, 0) is 11.3 Å². The molecule has 2 aromatic carbocycles. The molecule has 0 atom stereocenters. The van der Waals surface area contributed by atoms with Gasteiger partial charge in [0.05, 0.1) is 11.1 Å². The van der Waals surface area contributed by atoms with Crippen molar-refractivity contribution in [1.29, 1.82) is 0 Å². The molecule has 0 spiro atoms. The van der Waals surface area contributed by atoms with E-state index in [1.54, 1.807) is 31.2 Å².